The zero-order chi connectivity index (χ0) is 18.9. The van der Waals surface area contributed by atoms with Gasteiger partial charge < -0.3 is 9.47 Å². The smallest absolute Gasteiger partial charge is 0.316 e. The van der Waals surface area contributed by atoms with Crippen LogP contribution in [0.15, 0.2) is 42.1 Å². The first-order valence-corrected chi connectivity index (χ1v) is 9.57. The van der Waals surface area contributed by atoms with Crippen molar-refractivity contribution in [3.05, 3.63) is 48.3 Å². The van der Waals surface area contributed by atoms with Crippen LogP contribution >= 0.6 is 11.8 Å². The van der Waals surface area contributed by atoms with E-state index in [0.717, 1.165) is 5.75 Å². The normalized spacial score (nSPS) is 10.8. The van der Waals surface area contributed by atoms with Crippen molar-refractivity contribution in [2.75, 3.05) is 12.4 Å². The lowest BCUT2D eigenvalue weighted by atomic mass is 10.0. The molecule has 0 fully saturated rings. The van der Waals surface area contributed by atoms with Crippen LogP contribution in [-0.4, -0.2) is 33.1 Å². The highest BCUT2D eigenvalue weighted by atomic mass is 32.2. The number of carbonyl (C=O) groups excluding carboxylic acids is 1. The monoisotopic (exact) mass is 375 g/mol. The Hall–Kier alpha value is -2.28. The molecule has 0 aliphatic rings. The second kappa shape index (κ2) is 10.0. The number of benzene rings is 1. The van der Waals surface area contributed by atoms with E-state index < -0.39 is 0 Å². The zero-order valence-corrected chi connectivity index (χ0v) is 16.3. The maximum Gasteiger partial charge on any atom is 0.316 e. The van der Waals surface area contributed by atoms with E-state index in [-0.39, 0.29) is 11.7 Å². The first-order chi connectivity index (χ1) is 12.5. The van der Waals surface area contributed by atoms with Crippen molar-refractivity contribution in [1.29, 1.82) is 0 Å². The third-order valence-corrected chi connectivity index (χ3v) is 4.58. The molecule has 0 radical (unpaired) electrons. The van der Waals surface area contributed by atoms with Gasteiger partial charge in [-0.25, -0.2) is 0 Å². The van der Waals surface area contributed by atoms with E-state index >= 15 is 0 Å². The molecule has 0 saturated carbocycles. The number of hydrogen-bond donors (Lipinski definition) is 0. The summed E-state index contributed by atoms with van der Waals surface area (Å²) < 4.78 is 12.7. The van der Waals surface area contributed by atoms with Gasteiger partial charge in [0.25, 0.3) is 0 Å². The number of thioether (sulfide) groups is 1. The second-order valence-electron chi connectivity index (χ2n) is 5.90. The number of aromatic nitrogens is 3. The Labute approximate surface area is 158 Å². The molecule has 26 heavy (non-hydrogen) atoms. The van der Waals surface area contributed by atoms with E-state index in [2.05, 4.69) is 42.8 Å². The van der Waals surface area contributed by atoms with Crippen molar-refractivity contribution in [3.63, 3.8) is 0 Å². The number of allylic oxidation sites excluding steroid dienone is 1. The minimum Gasteiger partial charge on any atom is -0.486 e. The molecule has 7 heteroatoms. The van der Waals surface area contributed by atoms with E-state index in [1.54, 1.807) is 13.0 Å². The number of rotatable bonds is 10. The summed E-state index contributed by atoms with van der Waals surface area (Å²) in [6.45, 7) is 11.1. The van der Waals surface area contributed by atoms with Gasteiger partial charge in [-0.05, 0) is 30.5 Å². The van der Waals surface area contributed by atoms with E-state index in [4.69, 9.17) is 9.47 Å². The lowest BCUT2D eigenvalue weighted by Gasteiger charge is -2.10. The molecule has 6 nitrogen and oxygen atoms in total. The molecule has 0 amide bonds. The van der Waals surface area contributed by atoms with Crippen molar-refractivity contribution in [3.8, 4) is 5.75 Å². The summed E-state index contributed by atoms with van der Waals surface area (Å²) in [6.07, 6.45) is 1.76. The number of ether oxygens (including phenoxy) is 2. The number of esters is 1. The van der Waals surface area contributed by atoms with Crippen molar-refractivity contribution in [2.45, 2.75) is 45.0 Å². The molecule has 1 heterocycles. The number of nitrogens with zero attached hydrogens (tertiary/aromatic N) is 3. The van der Waals surface area contributed by atoms with Gasteiger partial charge in [0.05, 0.1) is 12.4 Å². The van der Waals surface area contributed by atoms with Crippen molar-refractivity contribution in [2.24, 2.45) is 0 Å². The first kappa shape index (κ1) is 20.0. The van der Waals surface area contributed by atoms with Crippen molar-refractivity contribution >= 4 is 17.7 Å². The minimum absolute atomic E-state index is 0.195. The molecule has 2 rings (SSSR count). The zero-order valence-electron chi connectivity index (χ0n) is 15.5. The van der Waals surface area contributed by atoms with E-state index in [1.807, 2.05) is 16.7 Å². The van der Waals surface area contributed by atoms with Gasteiger partial charge >= 0.3 is 5.97 Å². The molecule has 0 aliphatic carbocycles. The summed E-state index contributed by atoms with van der Waals surface area (Å²) >= 11 is 1.29. The van der Waals surface area contributed by atoms with Crippen molar-refractivity contribution < 1.29 is 14.3 Å². The molecule has 1 aromatic carbocycles. The van der Waals surface area contributed by atoms with Crippen LogP contribution < -0.4 is 4.74 Å². The average Bonchev–Trinajstić information content (AvgIpc) is 3.01. The third kappa shape index (κ3) is 5.62. The Morgan fingerprint density at radius 1 is 1.31 bits per heavy atom. The maximum absolute atomic E-state index is 11.5. The maximum atomic E-state index is 11.5. The average molecular weight is 375 g/mol. The highest BCUT2D eigenvalue weighted by molar-refractivity contribution is 7.99. The van der Waals surface area contributed by atoms with Crippen LogP contribution in [0.3, 0.4) is 0 Å². The predicted molar refractivity (Wildman–Crippen MR) is 102 cm³/mol. The summed E-state index contributed by atoms with van der Waals surface area (Å²) in [4.78, 5) is 11.5. The molecule has 140 valence electrons. The first-order valence-electron chi connectivity index (χ1n) is 8.59. The van der Waals surface area contributed by atoms with Crippen LogP contribution in [0.4, 0.5) is 0 Å². The van der Waals surface area contributed by atoms with Crippen molar-refractivity contribution in [1.82, 2.24) is 14.8 Å². The van der Waals surface area contributed by atoms with Crippen LogP contribution in [0.25, 0.3) is 0 Å². The molecule has 0 saturated heterocycles. The molecule has 0 bridgehead atoms. The van der Waals surface area contributed by atoms with E-state index in [9.17, 15) is 4.79 Å². The van der Waals surface area contributed by atoms with Gasteiger partial charge in [0.1, 0.15) is 12.4 Å². The molecule has 0 aliphatic heterocycles. The van der Waals surface area contributed by atoms with E-state index in [1.165, 1.54) is 17.3 Å². The highest BCUT2D eigenvalue weighted by Crippen LogP contribution is 2.21. The Kier molecular flexibility index (Phi) is 7.72. The minimum atomic E-state index is -0.270. The SMILES string of the molecule is C=CCn1c(COc2ccc(C(C)C)cc2)nnc1SCC(=O)OCC. The van der Waals surface area contributed by atoms with Crippen LogP contribution in [0, 0.1) is 0 Å². The summed E-state index contributed by atoms with van der Waals surface area (Å²) in [5, 5.41) is 8.99. The van der Waals surface area contributed by atoms with Crippen LogP contribution in [0.2, 0.25) is 0 Å². The largest absolute Gasteiger partial charge is 0.486 e. The molecule has 1 aromatic heterocycles. The van der Waals surface area contributed by atoms with Gasteiger partial charge in [-0.1, -0.05) is 43.8 Å². The quantitative estimate of drug-likeness (QED) is 0.357. The molecular formula is C19H25N3O3S. The molecule has 0 spiro atoms. The molecule has 0 unspecified atom stereocenters. The fourth-order valence-electron chi connectivity index (χ4n) is 2.27. The number of hydrogen-bond acceptors (Lipinski definition) is 6. The van der Waals surface area contributed by atoms with Crippen LogP contribution in [0.1, 0.15) is 38.1 Å². The summed E-state index contributed by atoms with van der Waals surface area (Å²) in [7, 11) is 0. The van der Waals surface area contributed by atoms with Gasteiger partial charge in [-0.2, -0.15) is 0 Å². The third-order valence-electron chi connectivity index (χ3n) is 3.64. The van der Waals surface area contributed by atoms with Crippen LogP contribution in [0.5, 0.6) is 5.75 Å². The lowest BCUT2D eigenvalue weighted by Crippen LogP contribution is -2.10. The summed E-state index contributed by atoms with van der Waals surface area (Å²) in [5.41, 5.74) is 1.27. The second-order valence-corrected chi connectivity index (χ2v) is 6.85. The fraction of sp³-hybridized carbons (Fsp3) is 0.421. The highest BCUT2D eigenvalue weighted by Gasteiger charge is 2.14. The van der Waals surface area contributed by atoms with Gasteiger partial charge in [0, 0.05) is 6.54 Å². The van der Waals surface area contributed by atoms with Gasteiger partial charge in [0.2, 0.25) is 0 Å². The lowest BCUT2D eigenvalue weighted by molar-refractivity contribution is -0.139. The van der Waals surface area contributed by atoms with Gasteiger partial charge in [-0.15, -0.1) is 16.8 Å². The van der Waals surface area contributed by atoms with E-state index in [0.29, 0.717) is 36.7 Å². The number of carbonyl (C=O) groups is 1. The molecule has 2 aromatic rings. The Bertz CT molecular complexity index is 726. The molecular weight excluding hydrogens is 350 g/mol. The fourth-order valence-corrected chi connectivity index (χ4v) is 3.03. The molecule has 0 N–H and O–H groups in total. The Morgan fingerprint density at radius 2 is 2.04 bits per heavy atom. The predicted octanol–water partition coefficient (Wildman–Crippen LogP) is 3.82. The molecule has 0 atom stereocenters. The Morgan fingerprint density at radius 3 is 2.65 bits per heavy atom. The van der Waals surface area contributed by atoms with Gasteiger partial charge in [0.15, 0.2) is 11.0 Å². The Balaban J connectivity index is 2.01. The topological polar surface area (TPSA) is 66.2 Å². The summed E-state index contributed by atoms with van der Waals surface area (Å²) in [6, 6.07) is 8.05. The summed E-state index contributed by atoms with van der Waals surface area (Å²) in [5.74, 6) is 1.88. The van der Waals surface area contributed by atoms with Gasteiger partial charge in [-0.3, -0.25) is 9.36 Å². The van der Waals surface area contributed by atoms with Crippen LogP contribution in [-0.2, 0) is 22.7 Å². The standard InChI is InChI=1S/C19H25N3O3S/c1-5-11-22-17(20-21-19(22)26-13-18(23)24-6-2)12-25-16-9-7-15(8-10-16)14(3)4/h5,7-10,14H,1,6,11-13H2,2-4H3.